The van der Waals surface area contributed by atoms with Crippen LogP contribution < -0.4 is 10.1 Å². The Kier molecular flexibility index (Phi) is 4.23. The van der Waals surface area contributed by atoms with E-state index >= 15 is 0 Å². The van der Waals surface area contributed by atoms with E-state index in [0.717, 1.165) is 40.4 Å². The molecule has 2 aromatic rings. The molecule has 1 N–H and O–H groups in total. The van der Waals surface area contributed by atoms with Crippen molar-refractivity contribution in [2.75, 3.05) is 19.0 Å². The van der Waals surface area contributed by atoms with Crippen molar-refractivity contribution in [1.29, 1.82) is 0 Å². The summed E-state index contributed by atoms with van der Waals surface area (Å²) in [6.07, 6.45) is 0. The van der Waals surface area contributed by atoms with Crippen molar-refractivity contribution < 1.29 is 4.74 Å². The third kappa shape index (κ3) is 2.90. The Bertz CT molecular complexity index is 623. The number of methoxy groups -OCH3 is 1. The van der Waals surface area contributed by atoms with Crippen molar-refractivity contribution in [3.8, 4) is 17.0 Å². The second kappa shape index (κ2) is 5.90. The molecule has 106 valence electrons. The molecule has 4 nitrogen and oxygen atoms in total. The topological polar surface area (TPSA) is 47.0 Å². The molecule has 0 aliphatic carbocycles. The molecule has 0 amide bonds. The zero-order chi connectivity index (χ0) is 14.7. The smallest absolute Gasteiger partial charge is 0.223 e. The number of hydrogen-bond acceptors (Lipinski definition) is 4. The number of rotatable bonds is 4. The van der Waals surface area contributed by atoms with Gasteiger partial charge < -0.3 is 10.1 Å². The van der Waals surface area contributed by atoms with Crippen molar-refractivity contribution in [2.45, 2.75) is 27.7 Å². The van der Waals surface area contributed by atoms with Gasteiger partial charge in [-0.25, -0.2) is 9.97 Å². The van der Waals surface area contributed by atoms with E-state index in [1.54, 1.807) is 7.11 Å². The van der Waals surface area contributed by atoms with E-state index in [9.17, 15) is 0 Å². The Balaban J connectivity index is 2.53. The fourth-order valence-corrected chi connectivity index (χ4v) is 2.23. The van der Waals surface area contributed by atoms with E-state index in [-0.39, 0.29) is 0 Å². The number of anilines is 1. The molecule has 1 aromatic heterocycles. The van der Waals surface area contributed by atoms with Crippen molar-refractivity contribution in [3.05, 3.63) is 35.0 Å². The minimum atomic E-state index is 0.676. The summed E-state index contributed by atoms with van der Waals surface area (Å²) in [6, 6.07) is 6.18. The minimum Gasteiger partial charge on any atom is -0.496 e. The first kappa shape index (κ1) is 14.3. The lowest BCUT2D eigenvalue weighted by Crippen LogP contribution is -2.04. The third-order valence-corrected chi connectivity index (χ3v) is 3.21. The molecule has 0 fully saturated rings. The summed E-state index contributed by atoms with van der Waals surface area (Å²) in [6.45, 7) is 8.94. The van der Waals surface area contributed by atoms with Crippen LogP contribution in [-0.2, 0) is 0 Å². The van der Waals surface area contributed by atoms with Gasteiger partial charge in [0.2, 0.25) is 5.95 Å². The van der Waals surface area contributed by atoms with Crippen LogP contribution in [0.5, 0.6) is 5.75 Å². The van der Waals surface area contributed by atoms with E-state index in [2.05, 4.69) is 34.3 Å². The predicted octanol–water partition coefficient (Wildman–Crippen LogP) is 3.51. The third-order valence-electron chi connectivity index (χ3n) is 3.21. The van der Waals surface area contributed by atoms with Crippen LogP contribution in [0, 0.1) is 20.8 Å². The number of hydrogen-bond donors (Lipinski definition) is 1. The van der Waals surface area contributed by atoms with Crippen molar-refractivity contribution >= 4 is 5.95 Å². The molecule has 0 atom stereocenters. The van der Waals surface area contributed by atoms with Crippen LogP contribution >= 0.6 is 0 Å². The Hall–Kier alpha value is -2.10. The van der Waals surface area contributed by atoms with E-state index < -0.39 is 0 Å². The van der Waals surface area contributed by atoms with Gasteiger partial charge in [-0.1, -0.05) is 0 Å². The van der Waals surface area contributed by atoms with Crippen LogP contribution in [0.4, 0.5) is 5.95 Å². The second-order valence-corrected chi connectivity index (χ2v) is 4.89. The lowest BCUT2D eigenvalue weighted by molar-refractivity contribution is 0.411. The Morgan fingerprint density at radius 3 is 2.45 bits per heavy atom. The van der Waals surface area contributed by atoms with Crippen LogP contribution in [-0.4, -0.2) is 23.6 Å². The monoisotopic (exact) mass is 271 g/mol. The van der Waals surface area contributed by atoms with E-state index in [4.69, 9.17) is 4.74 Å². The van der Waals surface area contributed by atoms with E-state index in [1.165, 1.54) is 0 Å². The maximum Gasteiger partial charge on any atom is 0.223 e. The number of nitrogens with zero attached hydrogens (tertiary/aromatic N) is 2. The Labute approximate surface area is 120 Å². The van der Waals surface area contributed by atoms with Gasteiger partial charge in [-0.2, -0.15) is 0 Å². The van der Waals surface area contributed by atoms with E-state index in [0.29, 0.717) is 5.95 Å². The van der Waals surface area contributed by atoms with Gasteiger partial charge in [0.05, 0.1) is 12.8 Å². The molecule has 0 spiro atoms. The number of benzene rings is 1. The van der Waals surface area contributed by atoms with Crippen LogP contribution in [0.25, 0.3) is 11.3 Å². The summed E-state index contributed by atoms with van der Waals surface area (Å²) in [5.74, 6) is 1.58. The highest BCUT2D eigenvalue weighted by Gasteiger charge is 2.10. The van der Waals surface area contributed by atoms with Gasteiger partial charge in [0.25, 0.3) is 0 Å². The summed E-state index contributed by atoms with van der Waals surface area (Å²) < 4.78 is 5.36. The fraction of sp³-hybridized carbons (Fsp3) is 0.375. The summed E-state index contributed by atoms with van der Waals surface area (Å²) >= 11 is 0. The summed E-state index contributed by atoms with van der Waals surface area (Å²) in [5.41, 5.74) is 5.27. The second-order valence-electron chi connectivity index (χ2n) is 4.89. The Morgan fingerprint density at radius 1 is 1.05 bits per heavy atom. The average molecular weight is 271 g/mol. The maximum absolute atomic E-state index is 5.36. The molecule has 1 aromatic carbocycles. The largest absolute Gasteiger partial charge is 0.496 e. The molecular weight excluding hydrogens is 250 g/mol. The van der Waals surface area contributed by atoms with Crippen molar-refractivity contribution in [1.82, 2.24) is 9.97 Å². The average Bonchev–Trinajstić information content (AvgIpc) is 2.40. The molecule has 0 unspecified atom stereocenters. The quantitative estimate of drug-likeness (QED) is 0.924. The van der Waals surface area contributed by atoms with Gasteiger partial charge in [-0.3, -0.25) is 0 Å². The van der Waals surface area contributed by atoms with Crippen molar-refractivity contribution in [2.24, 2.45) is 0 Å². The number of nitrogens with one attached hydrogen (secondary N) is 1. The summed E-state index contributed by atoms with van der Waals surface area (Å²) in [5, 5.41) is 3.17. The standard InChI is InChI=1S/C16H21N3O/c1-6-17-16-18-12(4)9-14(19-16)13-7-11(3)15(20-5)8-10(13)2/h7-9H,6H2,1-5H3,(H,17,18,19). The van der Waals surface area contributed by atoms with Gasteiger partial charge >= 0.3 is 0 Å². The molecule has 0 bridgehead atoms. The first-order valence-electron chi connectivity index (χ1n) is 6.80. The Morgan fingerprint density at radius 2 is 1.80 bits per heavy atom. The zero-order valence-electron chi connectivity index (χ0n) is 12.7. The molecule has 0 aliphatic heterocycles. The molecule has 0 radical (unpaired) electrons. The molecule has 0 saturated carbocycles. The molecule has 0 saturated heterocycles. The summed E-state index contributed by atoms with van der Waals surface area (Å²) in [7, 11) is 1.69. The molecule has 20 heavy (non-hydrogen) atoms. The van der Waals surface area contributed by atoms with Crippen LogP contribution in [0.15, 0.2) is 18.2 Å². The van der Waals surface area contributed by atoms with Gasteiger partial charge in [-0.15, -0.1) is 0 Å². The molecular formula is C16H21N3O. The molecule has 0 aliphatic rings. The molecule has 1 heterocycles. The molecule has 2 rings (SSSR count). The van der Waals surface area contributed by atoms with Gasteiger partial charge in [0.1, 0.15) is 5.75 Å². The first-order chi connectivity index (χ1) is 9.55. The fourth-order valence-electron chi connectivity index (χ4n) is 2.23. The predicted molar refractivity (Wildman–Crippen MR) is 82.4 cm³/mol. The van der Waals surface area contributed by atoms with Crippen LogP contribution in [0.3, 0.4) is 0 Å². The van der Waals surface area contributed by atoms with Gasteiger partial charge in [0, 0.05) is 17.8 Å². The first-order valence-corrected chi connectivity index (χ1v) is 6.80. The number of aryl methyl sites for hydroxylation is 3. The summed E-state index contributed by atoms with van der Waals surface area (Å²) in [4.78, 5) is 8.98. The van der Waals surface area contributed by atoms with E-state index in [1.807, 2.05) is 26.8 Å². The van der Waals surface area contributed by atoms with Crippen LogP contribution in [0.1, 0.15) is 23.7 Å². The van der Waals surface area contributed by atoms with Crippen molar-refractivity contribution in [3.63, 3.8) is 0 Å². The zero-order valence-corrected chi connectivity index (χ0v) is 12.7. The van der Waals surface area contributed by atoms with Gasteiger partial charge in [0.15, 0.2) is 0 Å². The van der Waals surface area contributed by atoms with Gasteiger partial charge in [-0.05, 0) is 57.0 Å². The minimum absolute atomic E-state index is 0.676. The number of ether oxygens (including phenoxy) is 1. The SMILES string of the molecule is CCNc1nc(C)cc(-c2cc(C)c(OC)cc2C)n1. The highest BCUT2D eigenvalue weighted by Crippen LogP contribution is 2.29. The highest BCUT2D eigenvalue weighted by molar-refractivity contribution is 5.67. The normalized spacial score (nSPS) is 10.4. The maximum atomic E-state index is 5.36. The lowest BCUT2D eigenvalue weighted by atomic mass is 10.0. The molecule has 4 heteroatoms. The van der Waals surface area contributed by atoms with Crippen LogP contribution in [0.2, 0.25) is 0 Å². The highest BCUT2D eigenvalue weighted by atomic mass is 16.5. The number of aromatic nitrogens is 2. The lowest BCUT2D eigenvalue weighted by Gasteiger charge is -2.12.